The maximum Gasteiger partial charge on any atom is 0.255 e. The quantitative estimate of drug-likeness (QED) is 0.899. The molecule has 7 nitrogen and oxygen atoms in total. The van der Waals surface area contributed by atoms with Gasteiger partial charge < -0.3 is 9.88 Å². The van der Waals surface area contributed by atoms with Gasteiger partial charge in [-0.1, -0.05) is 0 Å². The van der Waals surface area contributed by atoms with Crippen LogP contribution in [0.15, 0.2) is 52.3 Å². The Balaban J connectivity index is 2.19. The van der Waals surface area contributed by atoms with E-state index in [0.717, 1.165) is 4.31 Å². The molecule has 1 N–H and O–H groups in total. The largest absolute Gasteiger partial charge is 0.322 e. The minimum Gasteiger partial charge on any atom is -0.322 e. The van der Waals surface area contributed by atoms with Crippen LogP contribution in [0.1, 0.15) is 10.4 Å². The van der Waals surface area contributed by atoms with Gasteiger partial charge >= 0.3 is 0 Å². The fourth-order valence-electron chi connectivity index (χ4n) is 1.81. The van der Waals surface area contributed by atoms with Crippen LogP contribution in [-0.4, -0.2) is 37.3 Å². The molecule has 0 aliphatic rings. The van der Waals surface area contributed by atoms with Crippen molar-refractivity contribution in [3.8, 4) is 0 Å². The van der Waals surface area contributed by atoms with Gasteiger partial charge in [-0.25, -0.2) is 12.7 Å². The van der Waals surface area contributed by atoms with E-state index >= 15 is 0 Å². The number of rotatable bonds is 4. The van der Waals surface area contributed by atoms with Gasteiger partial charge in [0.1, 0.15) is 0 Å². The van der Waals surface area contributed by atoms with Crippen molar-refractivity contribution in [2.75, 3.05) is 19.4 Å². The van der Waals surface area contributed by atoms with E-state index in [0.29, 0.717) is 5.69 Å². The first-order valence-corrected chi connectivity index (χ1v) is 8.16. The first-order valence-electron chi connectivity index (χ1n) is 6.72. The molecule has 2 aromatic rings. The monoisotopic (exact) mass is 335 g/mol. The number of hydrogen-bond donors (Lipinski definition) is 1. The number of amides is 1. The molecule has 0 bridgehead atoms. The van der Waals surface area contributed by atoms with E-state index in [9.17, 15) is 18.0 Å². The molecular formula is C15H17N3O4S. The summed E-state index contributed by atoms with van der Waals surface area (Å²) in [6, 6.07) is 8.58. The summed E-state index contributed by atoms with van der Waals surface area (Å²) in [5, 5.41) is 2.62. The second kappa shape index (κ2) is 6.35. The predicted octanol–water partition coefficient (Wildman–Crippen LogP) is 0.888. The summed E-state index contributed by atoms with van der Waals surface area (Å²) in [7, 11) is 0.974. The molecule has 0 radical (unpaired) electrons. The van der Waals surface area contributed by atoms with Gasteiger partial charge in [0.2, 0.25) is 10.0 Å². The molecule has 0 unspecified atom stereocenters. The first-order chi connectivity index (χ1) is 10.7. The molecule has 0 aliphatic heterocycles. The first kappa shape index (κ1) is 16.9. The molecular weight excluding hydrogens is 318 g/mol. The van der Waals surface area contributed by atoms with E-state index in [2.05, 4.69) is 5.32 Å². The summed E-state index contributed by atoms with van der Waals surface area (Å²) in [6.07, 6.45) is 1.50. The van der Waals surface area contributed by atoms with Crippen LogP contribution in [0.2, 0.25) is 0 Å². The van der Waals surface area contributed by atoms with Gasteiger partial charge in [0.25, 0.3) is 11.5 Å². The number of aromatic nitrogens is 1. The van der Waals surface area contributed by atoms with Gasteiger partial charge in [-0.05, 0) is 30.3 Å². The zero-order valence-electron chi connectivity index (χ0n) is 13.0. The summed E-state index contributed by atoms with van der Waals surface area (Å²) < 4.78 is 26.4. The highest BCUT2D eigenvalue weighted by atomic mass is 32.2. The Bertz CT molecular complexity index is 884. The number of pyridine rings is 1. The standard InChI is InChI=1S/C15H17N3O4S/c1-17(2)23(21,22)13-6-4-12(5-7-13)16-15(20)11-8-9-18(3)14(19)10-11/h4-10H,1-3H3,(H,16,20). The fourth-order valence-corrected chi connectivity index (χ4v) is 2.72. The van der Waals surface area contributed by atoms with E-state index in [1.165, 1.54) is 61.3 Å². The third kappa shape index (κ3) is 3.66. The van der Waals surface area contributed by atoms with Crippen LogP contribution in [0.3, 0.4) is 0 Å². The van der Waals surface area contributed by atoms with Crippen LogP contribution < -0.4 is 10.9 Å². The van der Waals surface area contributed by atoms with Gasteiger partial charge in [-0.15, -0.1) is 0 Å². The zero-order chi connectivity index (χ0) is 17.2. The maximum atomic E-state index is 12.1. The van der Waals surface area contributed by atoms with Crippen molar-refractivity contribution in [3.05, 3.63) is 58.5 Å². The molecule has 1 amide bonds. The minimum atomic E-state index is -3.51. The molecule has 1 heterocycles. The van der Waals surface area contributed by atoms with E-state index in [1.807, 2.05) is 0 Å². The highest BCUT2D eigenvalue weighted by molar-refractivity contribution is 7.89. The highest BCUT2D eigenvalue weighted by Gasteiger charge is 2.17. The third-order valence-corrected chi connectivity index (χ3v) is 5.09. The van der Waals surface area contributed by atoms with Crippen LogP contribution in [0, 0.1) is 0 Å². The van der Waals surface area contributed by atoms with E-state index in [-0.39, 0.29) is 16.0 Å². The number of carbonyl (C=O) groups excluding carboxylic acids is 1. The van der Waals surface area contributed by atoms with Crippen LogP contribution in [0.25, 0.3) is 0 Å². The number of aryl methyl sites for hydroxylation is 1. The van der Waals surface area contributed by atoms with Gasteiger partial charge in [-0.2, -0.15) is 0 Å². The summed E-state index contributed by atoms with van der Waals surface area (Å²) >= 11 is 0. The van der Waals surface area contributed by atoms with Crippen LogP contribution in [0.5, 0.6) is 0 Å². The average Bonchev–Trinajstić information content (AvgIpc) is 2.50. The molecule has 0 fully saturated rings. The number of nitrogens with one attached hydrogen (secondary N) is 1. The van der Waals surface area contributed by atoms with Crippen molar-refractivity contribution in [2.24, 2.45) is 7.05 Å². The van der Waals surface area contributed by atoms with Crippen molar-refractivity contribution in [2.45, 2.75) is 4.90 Å². The van der Waals surface area contributed by atoms with Gasteiger partial charge in [0.15, 0.2) is 0 Å². The van der Waals surface area contributed by atoms with E-state index in [4.69, 9.17) is 0 Å². The number of sulfonamides is 1. The molecule has 23 heavy (non-hydrogen) atoms. The topological polar surface area (TPSA) is 88.5 Å². The Hall–Kier alpha value is -2.45. The SMILES string of the molecule is CN(C)S(=O)(=O)c1ccc(NC(=O)c2ccn(C)c(=O)c2)cc1. The van der Waals surface area contributed by atoms with Crippen LogP contribution in [-0.2, 0) is 17.1 Å². The van der Waals surface area contributed by atoms with E-state index in [1.54, 1.807) is 7.05 Å². The Morgan fingerprint density at radius 1 is 1.13 bits per heavy atom. The van der Waals surface area contributed by atoms with Crippen molar-refractivity contribution in [1.82, 2.24) is 8.87 Å². The summed E-state index contributed by atoms with van der Waals surface area (Å²) in [5.41, 5.74) is 0.386. The predicted molar refractivity (Wildman–Crippen MR) is 87.0 cm³/mol. The third-order valence-electron chi connectivity index (χ3n) is 3.26. The van der Waals surface area contributed by atoms with Crippen molar-refractivity contribution < 1.29 is 13.2 Å². The minimum absolute atomic E-state index is 0.133. The maximum absolute atomic E-state index is 12.1. The lowest BCUT2D eigenvalue weighted by atomic mass is 10.2. The van der Waals surface area contributed by atoms with Crippen molar-refractivity contribution >= 4 is 21.6 Å². The Morgan fingerprint density at radius 3 is 2.26 bits per heavy atom. The Morgan fingerprint density at radius 2 is 1.74 bits per heavy atom. The zero-order valence-corrected chi connectivity index (χ0v) is 13.8. The molecule has 122 valence electrons. The molecule has 0 spiro atoms. The number of hydrogen-bond acceptors (Lipinski definition) is 4. The lowest BCUT2D eigenvalue weighted by molar-refractivity contribution is 0.102. The van der Waals surface area contributed by atoms with Gasteiger partial charge in [0, 0.05) is 44.7 Å². The molecule has 8 heteroatoms. The smallest absolute Gasteiger partial charge is 0.255 e. The fraction of sp³-hybridized carbons (Fsp3) is 0.200. The molecule has 0 atom stereocenters. The van der Waals surface area contributed by atoms with Crippen LogP contribution >= 0.6 is 0 Å². The second-order valence-electron chi connectivity index (χ2n) is 5.13. The summed E-state index contributed by atoms with van der Waals surface area (Å²) in [5.74, 6) is -0.439. The molecule has 2 rings (SSSR count). The molecule has 1 aromatic heterocycles. The number of anilines is 1. The Labute approximate surface area is 134 Å². The molecule has 0 aliphatic carbocycles. The summed E-state index contributed by atoms with van der Waals surface area (Å²) in [6.45, 7) is 0. The lowest BCUT2D eigenvalue weighted by Gasteiger charge is -2.12. The molecule has 0 saturated carbocycles. The number of carbonyl (C=O) groups is 1. The lowest BCUT2D eigenvalue weighted by Crippen LogP contribution is -2.22. The Kier molecular flexibility index (Phi) is 4.67. The van der Waals surface area contributed by atoms with Gasteiger partial charge in [0.05, 0.1) is 4.90 Å². The second-order valence-corrected chi connectivity index (χ2v) is 7.28. The highest BCUT2D eigenvalue weighted by Crippen LogP contribution is 2.17. The number of nitrogens with zero attached hydrogens (tertiary/aromatic N) is 2. The molecule has 0 saturated heterocycles. The van der Waals surface area contributed by atoms with Gasteiger partial charge in [-0.3, -0.25) is 9.59 Å². The normalized spacial score (nSPS) is 11.5. The number of benzene rings is 1. The summed E-state index contributed by atoms with van der Waals surface area (Å²) in [4.78, 5) is 23.7. The van der Waals surface area contributed by atoms with E-state index < -0.39 is 15.9 Å². The molecule has 1 aromatic carbocycles. The average molecular weight is 335 g/mol. The van der Waals surface area contributed by atoms with Crippen LogP contribution in [0.4, 0.5) is 5.69 Å². The van der Waals surface area contributed by atoms with Crippen molar-refractivity contribution in [3.63, 3.8) is 0 Å². The van der Waals surface area contributed by atoms with Crippen molar-refractivity contribution in [1.29, 1.82) is 0 Å².